The molecule has 0 aliphatic heterocycles. The van der Waals surface area contributed by atoms with E-state index in [2.05, 4.69) is 5.32 Å². The van der Waals surface area contributed by atoms with Crippen LogP contribution >= 0.6 is 0 Å². The third-order valence-corrected chi connectivity index (χ3v) is 3.12. The van der Waals surface area contributed by atoms with Crippen LogP contribution in [0.1, 0.15) is 31.2 Å². The Bertz CT molecular complexity index is 349. The number of nitrogens with one attached hydrogen (secondary N) is 1. The van der Waals surface area contributed by atoms with Crippen LogP contribution in [-0.2, 0) is 11.3 Å². The molecule has 1 aliphatic rings. The Balaban J connectivity index is 1.79. The molecule has 16 heavy (non-hydrogen) atoms. The van der Waals surface area contributed by atoms with Crippen LogP contribution in [0.4, 0.5) is 5.69 Å². The van der Waals surface area contributed by atoms with Crippen LogP contribution in [0.2, 0.25) is 0 Å². The fourth-order valence-electron chi connectivity index (χ4n) is 2.04. The zero-order valence-electron chi connectivity index (χ0n) is 9.41. The number of hydrogen-bond donors (Lipinski definition) is 2. The summed E-state index contributed by atoms with van der Waals surface area (Å²) in [6.07, 6.45) is 3.43. The van der Waals surface area contributed by atoms with Crippen molar-refractivity contribution in [2.75, 3.05) is 5.73 Å². The van der Waals surface area contributed by atoms with E-state index in [0.717, 1.165) is 37.9 Å². The van der Waals surface area contributed by atoms with Gasteiger partial charge in [0.1, 0.15) is 5.78 Å². The van der Waals surface area contributed by atoms with Crippen LogP contribution in [0.15, 0.2) is 24.3 Å². The van der Waals surface area contributed by atoms with E-state index in [9.17, 15) is 4.79 Å². The van der Waals surface area contributed by atoms with Crippen LogP contribution in [0, 0.1) is 0 Å². The van der Waals surface area contributed by atoms with Crippen molar-refractivity contribution in [2.45, 2.75) is 38.3 Å². The molecule has 0 aromatic heterocycles. The van der Waals surface area contributed by atoms with E-state index in [4.69, 9.17) is 5.73 Å². The van der Waals surface area contributed by atoms with E-state index in [1.54, 1.807) is 0 Å². The molecule has 3 N–H and O–H groups in total. The molecule has 0 unspecified atom stereocenters. The highest BCUT2D eigenvalue weighted by Gasteiger charge is 2.17. The normalized spacial score (nSPS) is 17.6. The fourth-order valence-corrected chi connectivity index (χ4v) is 2.04. The topological polar surface area (TPSA) is 55.1 Å². The lowest BCUT2D eigenvalue weighted by molar-refractivity contribution is -0.120. The van der Waals surface area contributed by atoms with Gasteiger partial charge < -0.3 is 11.1 Å². The van der Waals surface area contributed by atoms with Crippen molar-refractivity contribution in [3.63, 3.8) is 0 Å². The fraction of sp³-hybridized carbons (Fsp3) is 0.462. The number of carbonyl (C=O) groups excluding carboxylic acids is 1. The molecule has 3 heteroatoms. The third-order valence-electron chi connectivity index (χ3n) is 3.12. The average molecular weight is 218 g/mol. The first-order valence-electron chi connectivity index (χ1n) is 5.83. The second-order valence-electron chi connectivity index (χ2n) is 4.44. The van der Waals surface area contributed by atoms with Crippen molar-refractivity contribution >= 4 is 11.5 Å². The highest BCUT2D eigenvalue weighted by molar-refractivity contribution is 5.79. The Morgan fingerprint density at radius 3 is 2.44 bits per heavy atom. The first kappa shape index (κ1) is 11.1. The number of rotatable bonds is 3. The Morgan fingerprint density at radius 1 is 1.19 bits per heavy atom. The number of anilines is 1. The van der Waals surface area contributed by atoms with E-state index in [1.807, 2.05) is 24.3 Å². The molecule has 0 saturated heterocycles. The number of nitrogen functional groups attached to an aromatic ring is 1. The van der Waals surface area contributed by atoms with E-state index in [0.29, 0.717) is 11.8 Å². The van der Waals surface area contributed by atoms with Crippen molar-refractivity contribution in [3.05, 3.63) is 29.8 Å². The zero-order valence-corrected chi connectivity index (χ0v) is 9.41. The second kappa shape index (κ2) is 5.12. The van der Waals surface area contributed by atoms with E-state index >= 15 is 0 Å². The molecule has 0 bridgehead atoms. The molecule has 0 heterocycles. The second-order valence-corrected chi connectivity index (χ2v) is 4.44. The van der Waals surface area contributed by atoms with Gasteiger partial charge in [-0.2, -0.15) is 0 Å². The Morgan fingerprint density at radius 2 is 1.81 bits per heavy atom. The molecule has 1 aliphatic carbocycles. The van der Waals surface area contributed by atoms with Crippen LogP contribution in [-0.4, -0.2) is 11.8 Å². The minimum Gasteiger partial charge on any atom is -0.399 e. The number of hydrogen-bond acceptors (Lipinski definition) is 3. The number of benzene rings is 1. The lowest BCUT2D eigenvalue weighted by Crippen LogP contribution is -2.32. The molecule has 0 radical (unpaired) electrons. The van der Waals surface area contributed by atoms with Crippen molar-refractivity contribution in [1.82, 2.24) is 5.32 Å². The van der Waals surface area contributed by atoms with Gasteiger partial charge in [-0.1, -0.05) is 12.1 Å². The maximum atomic E-state index is 11.1. The van der Waals surface area contributed by atoms with Gasteiger partial charge in [0.15, 0.2) is 0 Å². The summed E-state index contributed by atoms with van der Waals surface area (Å²) in [5.74, 6) is 0.408. The molecule has 0 atom stereocenters. The Hall–Kier alpha value is -1.35. The highest BCUT2D eigenvalue weighted by atomic mass is 16.1. The minimum atomic E-state index is 0.408. The molecular formula is C13H18N2O. The van der Waals surface area contributed by atoms with Crippen LogP contribution < -0.4 is 11.1 Å². The maximum Gasteiger partial charge on any atom is 0.133 e. The van der Waals surface area contributed by atoms with E-state index < -0.39 is 0 Å². The summed E-state index contributed by atoms with van der Waals surface area (Å²) in [6, 6.07) is 8.41. The van der Waals surface area contributed by atoms with Crippen LogP contribution in [0.3, 0.4) is 0 Å². The Kier molecular flexibility index (Phi) is 3.57. The van der Waals surface area contributed by atoms with Gasteiger partial charge in [-0.05, 0) is 30.5 Å². The van der Waals surface area contributed by atoms with Crippen LogP contribution in [0.5, 0.6) is 0 Å². The first-order chi connectivity index (χ1) is 7.74. The predicted octanol–water partition coefficient (Wildman–Crippen LogP) is 1.87. The first-order valence-corrected chi connectivity index (χ1v) is 5.83. The molecule has 0 amide bonds. The largest absolute Gasteiger partial charge is 0.399 e. The Labute approximate surface area is 96.0 Å². The lowest BCUT2D eigenvalue weighted by atomic mass is 9.94. The number of Topliss-reactive ketones (excluding diaryl/α,β-unsaturated/α-hetero) is 1. The molecule has 3 nitrogen and oxygen atoms in total. The van der Waals surface area contributed by atoms with Gasteiger partial charge in [0.2, 0.25) is 0 Å². The quantitative estimate of drug-likeness (QED) is 0.761. The molecule has 1 aromatic rings. The molecule has 1 saturated carbocycles. The smallest absolute Gasteiger partial charge is 0.133 e. The summed E-state index contributed by atoms with van der Waals surface area (Å²) < 4.78 is 0. The van der Waals surface area contributed by atoms with Crippen molar-refractivity contribution < 1.29 is 4.79 Å². The van der Waals surface area contributed by atoms with Gasteiger partial charge in [0.05, 0.1) is 0 Å². The van der Waals surface area contributed by atoms with Gasteiger partial charge in [-0.15, -0.1) is 0 Å². The summed E-state index contributed by atoms with van der Waals surface area (Å²) in [5, 5.41) is 3.48. The molecule has 2 rings (SSSR count). The highest BCUT2D eigenvalue weighted by Crippen LogP contribution is 2.15. The SMILES string of the molecule is Nc1ccc(CNC2CCC(=O)CC2)cc1. The minimum absolute atomic E-state index is 0.408. The molecule has 0 spiro atoms. The monoisotopic (exact) mass is 218 g/mol. The van der Waals surface area contributed by atoms with Gasteiger partial charge in [-0.3, -0.25) is 4.79 Å². The summed E-state index contributed by atoms with van der Waals surface area (Å²) in [7, 11) is 0. The summed E-state index contributed by atoms with van der Waals surface area (Å²) >= 11 is 0. The molecule has 1 aromatic carbocycles. The van der Waals surface area contributed by atoms with Crippen LogP contribution in [0.25, 0.3) is 0 Å². The third kappa shape index (κ3) is 3.07. The summed E-state index contributed by atoms with van der Waals surface area (Å²) in [4.78, 5) is 11.1. The molecule has 1 fully saturated rings. The van der Waals surface area contributed by atoms with Gasteiger partial charge in [0.25, 0.3) is 0 Å². The summed E-state index contributed by atoms with van der Waals surface area (Å²) in [5.41, 5.74) is 7.66. The molecular weight excluding hydrogens is 200 g/mol. The summed E-state index contributed by atoms with van der Waals surface area (Å²) in [6.45, 7) is 0.860. The predicted molar refractivity (Wildman–Crippen MR) is 65.0 cm³/mol. The molecule has 86 valence electrons. The zero-order chi connectivity index (χ0) is 11.4. The van der Waals surface area contributed by atoms with Crippen molar-refractivity contribution in [1.29, 1.82) is 0 Å². The van der Waals surface area contributed by atoms with E-state index in [1.165, 1.54) is 5.56 Å². The number of ketones is 1. The van der Waals surface area contributed by atoms with Gasteiger partial charge >= 0.3 is 0 Å². The van der Waals surface area contributed by atoms with Crippen molar-refractivity contribution in [2.24, 2.45) is 0 Å². The number of carbonyl (C=O) groups is 1. The average Bonchev–Trinajstić information content (AvgIpc) is 2.30. The number of nitrogens with two attached hydrogens (primary N) is 1. The maximum absolute atomic E-state index is 11.1. The van der Waals surface area contributed by atoms with E-state index in [-0.39, 0.29) is 0 Å². The van der Waals surface area contributed by atoms with Gasteiger partial charge in [-0.25, -0.2) is 0 Å². The van der Waals surface area contributed by atoms with Crippen molar-refractivity contribution in [3.8, 4) is 0 Å². The standard InChI is InChI=1S/C13H18N2O/c14-11-3-1-10(2-4-11)9-15-12-5-7-13(16)8-6-12/h1-4,12,15H,5-9,14H2. The lowest BCUT2D eigenvalue weighted by Gasteiger charge is -2.22. The van der Waals surface area contributed by atoms with Gasteiger partial charge in [0, 0.05) is 31.1 Å².